The van der Waals surface area contributed by atoms with Crippen LogP contribution in [0.1, 0.15) is 87.2 Å². The van der Waals surface area contributed by atoms with E-state index in [0.29, 0.717) is 23.2 Å². The number of rotatable bonds is 2. The van der Waals surface area contributed by atoms with Gasteiger partial charge in [0.1, 0.15) is 0 Å². The van der Waals surface area contributed by atoms with Crippen LogP contribution in [0.4, 0.5) is 22.7 Å². The molecule has 2 aromatic carbocycles. The lowest BCUT2D eigenvalue weighted by atomic mass is 9.63. The molecular weight excluding hydrogens is 392 g/mol. The van der Waals surface area contributed by atoms with Gasteiger partial charge in [-0.3, -0.25) is 0 Å². The predicted octanol–water partition coefficient (Wildman–Crippen LogP) is 6.29. The first-order valence-corrected chi connectivity index (χ1v) is 12.8. The molecule has 8 N–H and O–H groups in total. The highest BCUT2D eigenvalue weighted by Gasteiger charge is 2.37. The van der Waals surface area contributed by atoms with Crippen LogP contribution < -0.4 is 22.9 Å². The molecule has 2 unspecified atom stereocenters. The van der Waals surface area contributed by atoms with Crippen molar-refractivity contribution in [1.29, 1.82) is 0 Å². The molecule has 4 heteroatoms. The average molecular weight is 433 g/mol. The van der Waals surface area contributed by atoms with Crippen LogP contribution in [0.2, 0.25) is 0 Å². The first-order chi connectivity index (χ1) is 15.5. The van der Waals surface area contributed by atoms with E-state index >= 15 is 0 Å². The van der Waals surface area contributed by atoms with Crippen molar-refractivity contribution >= 4 is 22.7 Å². The predicted molar refractivity (Wildman–Crippen MR) is 136 cm³/mol. The lowest BCUT2D eigenvalue weighted by Crippen LogP contribution is -2.29. The summed E-state index contributed by atoms with van der Waals surface area (Å²) in [6, 6.07) is 12.8. The van der Waals surface area contributed by atoms with Gasteiger partial charge in [-0.2, -0.15) is 0 Å². The first kappa shape index (κ1) is 21.5. The zero-order chi connectivity index (χ0) is 22.2. The number of nitrogens with two attached hydrogens (primary N) is 4. The summed E-state index contributed by atoms with van der Waals surface area (Å²) in [6.07, 6.45) is 13.5. The third-order valence-corrected chi connectivity index (χ3v) is 9.17. The van der Waals surface area contributed by atoms with E-state index < -0.39 is 0 Å². The molecule has 0 saturated heterocycles. The Bertz CT molecular complexity index is 877. The zero-order valence-electron chi connectivity index (χ0n) is 19.3. The molecular formula is C28H40N4. The largest absolute Gasteiger partial charge is 0.397 e. The van der Waals surface area contributed by atoms with Gasteiger partial charge >= 0.3 is 0 Å². The quantitative estimate of drug-likeness (QED) is 0.419. The summed E-state index contributed by atoms with van der Waals surface area (Å²) in [5.41, 5.74) is 30.2. The molecule has 0 aliphatic heterocycles. The molecule has 32 heavy (non-hydrogen) atoms. The minimum absolute atomic E-state index is 0.641. The van der Waals surface area contributed by atoms with Gasteiger partial charge in [-0.05, 0) is 109 Å². The fourth-order valence-corrected chi connectivity index (χ4v) is 7.22. The van der Waals surface area contributed by atoms with Crippen LogP contribution in [-0.4, -0.2) is 0 Å². The van der Waals surface area contributed by atoms with E-state index in [1.54, 1.807) is 0 Å². The van der Waals surface area contributed by atoms with Crippen molar-refractivity contribution in [3.63, 3.8) is 0 Å². The summed E-state index contributed by atoms with van der Waals surface area (Å²) >= 11 is 0. The second-order valence-corrected chi connectivity index (χ2v) is 11.0. The van der Waals surface area contributed by atoms with Crippen LogP contribution in [0.3, 0.4) is 0 Å². The number of hydrogen-bond donors (Lipinski definition) is 4. The second-order valence-electron chi connectivity index (χ2n) is 11.0. The first-order valence-electron chi connectivity index (χ1n) is 12.8. The molecule has 6 aliphatic carbocycles. The molecule has 6 saturated carbocycles. The van der Waals surface area contributed by atoms with Crippen LogP contribution in [0.25, 0.3) is 0 Å². The molecule has 4 nitrogen and oxygen atoms in total. The Labute approximate surface area is 193 Å². The van der Waals surface area contributed by atoms with Crippen LogP contribution in [0, 0.1) is 23.7 Å². The molecule has 172 valence electrons. The average Bonchev–Trinajstić information content (AvgIpc) is 2.79. The Balaban J connectivity index is 1.38. The molecule has 2 aromatic rings. The van der Waals surface area contributed by atoms with E-state index in [1.807, 2.05) is 12.1 Å². The third kappa shape index (κ3) is 4.29. The molecule has 6 fully saturated rings. The van der Waals surface area contributed by atoms with Crippen molar-refractivity contribution in [3.8, 4) is 0 Å². The molecule has 6 aliphatic rings. The van der Waals surface area contributed by atoms with E-state index in [4.69, 9.17) is 22.9 Å². The van der Waals surface area contributed by atoms with E-state index in [1.165, 1.54) is 75.3 Å². The molecule has 8 rings (SSSR count). The summed E-state index contributed by atoms with van der Waals surface area (Å²) in [6.45, 7) is 0. The van der Waals surface area contributed by atoms with E-state index in [-0.39, 0.29) is 0 Å². The monoisotopic (exact) mass is 432 g/mol. The Kier molecular flexibility index (Phi) is 5.96. The SMILES string of the molecule is Nc1ccc(C2CC3CCC2CCC2CCC(CC3)C(c3ccc(N)c(N)c3)C2)cc1N. The number of hydrogen-bond acceptors (Lipinski definition) is 4. The number of nitrogen functional groups attached to an aromatic ring is 4. The van der Waals surface area contributed by atoms with Crippen molar-refractivity contribution in [2.24, 2.45) is 23.7 Å². The van der Waals surface area contributed by atoms with Crippen molar-refractivity contribution in [3.05, 3.63) is 47.5 Å². The van der Waals surface area contributed by atoms with Crippen molar-refractivity contribution in [1.82, 2.24) is 0 Å². The maximum Gasteiger partial charge on any atom is 0.0550 e. The van der Waals surface area contributed by atoms with Gasteiger partial charge < -0.3 is 22.9 Å². The number of anilines is 4. The van der Waals surface area contributed by atoms with Gasteiger partial charge in [-0.15, -0.1) is 0 Å². The molecule has 2 atom stereocenters. The van der Waals surface area contributed by atoms with Crippen molar-refractivity contribution < 1.29 is 0 Å². The second kappa shape index (κ2) is 8.88. The maximum absolute atomic E-state index is 6.19. The summed E-state index contributed by atoms with van der Waals surface area (Å²) < 4.78 is 0. The Morgan fingerprint density at radius 2 is 0.844 bits per heavy atom. The summed E-state index contributed by atoms with van der Waals surface area (Å²) in [5.74, 6) is 4.48. The van der Waals surface area contributed by atoms with Gasteiger partial charge in [-0.25, -0.2) is 0 Å². The lowest BCUT2D eigenvalue weighted by molar-refractivity contribution is 0.145. The van der Waals surface area contributed by atoms with Crippen LogP contribution >= 0.6 is 0 Å². The van der Waals surface area contributed by atoms with Gasteiger partial charge in [0.15, 0.2) is 0 Å². The smallest absolute Gasteiger partial charge is 0.0550 e. The highest BCUT2D eigenvalue weighted by molar-refractivity contribution is 5.65. The fourth-order valence-electron chi connectivity index (χ4n) is 7.22. The minimum atomic E-state index is 0.641. The van der Waals surface area contributed by atoms with E-state index in [0.717, 1.165) is 35.0 Å². The van der Waals surface area contributed by atoms with E-state index in [2.05, 4.69) is 24.3 Å². The fraction of sp³-hybridized carbons (Fsp3) is 0.571. The molecule has 0 aromatic heterocycles. The van der Waals surface area contributed by atoms with Crippen molar-refractivity contribution in [2.45, 2.75) is 76.0 Å². The highest BCUT2D eigenvalue weighted by Crippen LogP contribution is 2.51. The topological polar surface area (TPSA) is 104 Å². The molecule has 0 radical (unpaired) electrons. The molecule has 0 heterocycles. The van der Waals surface area contributed by atoms with E-state index in [9.17, 15) is 0 Å². The molecule has 0 amide bonds. The Morgan fingerprint density at radius 3 is 1.19 bits per heavy atom. The Hall–Kier alpha value is -2.36. The standard InChI is InChI=1S/C28H40N4/c29-25-11-9-21(15-27(25)31)23-13-17-1-5-19(23)8-4-18-2-6-20(7-3-17)24(14-18)22-10-12-26(30)28(32)16-22/h9-12,15-20,23-24H,1-8,13-14,29-32H2. The lowest BCUT2D eigenvalue weighted by Gasteiger charge is -2.42. The van der Waals surface area contributed by atoms with Gasteiger partial charge in [-0.1, -0.05) is 37.8 Å². The zero-order valence-corrected chi connectivity index (χ0v) is 19.3. The highest BCUT2D eigenvalue weighted by atomic mass is 14.7. The molecule has 0 spiro atoms. The summed E-state index contributed by atoms with van der Waals surface area (Å²) in [4.78, 5) is 0. The van der Waals surface area contributed by atoms with Crippen molar-refractivity contribution in [2.75, 3.05) is 22.9 Å². The van der Waals surface area contributed by atoms with Gasteiger partial charge in [0.2, 0.25) is 0 Å². The van der Waals surface area contributed by atoms with Gasteiger partial charge in [0, 0.05) is 0 Å². The van der Waals surface area contributed by atoms with Crippen LogP contribution in [0.15, 0.2) is 36.4 Å². The Morgan fingerprint density at radius 1 is 0.469 bits per heavy atom. The number of benzene rings is 2. The summed E-state index contributed by atoms with van der Waals surface area (Å²) in [5, 5.41) is 0. The maximum atomic E-state index is 6.19. The minimum Gasteiger partial charge on any atom is -0.397 e. The van der Waals surface area contributed by atoms with Crippen LogP contribution in [0.5, 0.6) is 0 Å². The van der Waals surface area contributed by atoms with Gasteiger partial charge in [0.05, 0.1) is 22.7 Å². The summed E-state index contributed by atoms with van der Waals surface area (Å²) in [7, 11) is 0. The third-order valence-electron chi connectivity index (χ3n) is 9.17. The van der Waals surface area contributed by atoms with Crippen LogP contribution in [-0.2, 0) is 0 Å². The molecule has 4 bridgehead atoms. The van der Waals surface area contributed by atoms with Gasteiger partial charge in [0.25, 0.3) is 0 Å². The normalized spacial score (nSPS) is 32.9.